The summed E-state index contributed by atoms with van der Waals surface area (Å²) in [5.74, 6) is 0. The first-order valence-corrected chi connectivity index (χ1v) is 10.5. The van der Waals surface area contributed by atoms with E-state index in [1.165, 1.54) is 0 Å². The lowest BCUT2D eigenvalue weighted by Crippen LogP contribution is -2.09. The van der Waals surface area contributed by atoms with Gasteiger partial charge in [-0.05, 0) is 60.2 Å². The van der Waals surface area contributed by atoms with E-state index in [1.807, 2.05) is 67.6 Å². The third-order valence-electron chi connectivity index (χ3n) is 6.08. The first-order chi connectivity index (χ1) is 15.4. The highest BCUT2D eigenvalue weighted by atomic mass is 19.4. The molecule has 0 amide bonds. The Bertz CT molecular complexity index is 1570. The number of aliphatic imine (C=N–C) groups is 1. The fourth-order valence-corrected chi connectivity index (χ4v) is 4.71. The number of alkyl halides is 3. The van der Waals surface area contributed by atoms with Crippen LogP contribution in [0.25, 0.3) is 32.7 Å². The lowest BCUT2D eigenvalue weighted by atomic mass is 9.93. The number of para-hydroxylation sites is 1. The number of benzene rings is 4. The Morgan fingerprint density at radius 3 is 2.56 bits per heavy atom. The largest absolute Gasteiger partial charge is 0.455 e. The maximum absolute atomic E-state index is 12.9. The highest BCUT2D eigenvalue weighted by Gasteiger charge is 2.28. The van der Waals surface area contributed by atoms with Crippen molar-refractivity contribution in [2.75, 3.05) is 0 Å². The van der Waals surface area contributed by atoms with Gasteiger partial charge in [0.05, 0.1) is 11.4 Å². The Kier molecular flexibility index (Phi) is 4.00. The predicted octanol–water partition coefficient (Wildman–Crippen LogP) is 8.03. The standard InChI is InChI=1S/C27H18F3NO/c1-15-11-19-18-6-2-3-8-23(18)32-26(19)21(12-15)25-20-14-16(9-10-27(28,29)30)13-17-5-4-7-22(31-25)24(17)20/h2-8,11-14H,9-10H2,1H3. The zero-order chi connectivity index (χ0) is 22.0. The van der Waals surface area contributed by atoms with Gasteiger partial charge in [-0.2, -0.15) is 13.2 Å². The Labute approximate surface area is 182 Å². The zero-order valence-electron chi connectivity index (χ0n) is 17.3. The van der Waals surface area contributed by atoms with Gasteiger partial charge in [0.2, 0.25) is 0 Å². The second-order valence-corrected chi connectivity index (χ2v) is 8.38. The van der Waals surface area contributed by atoms with Gasteiger partial charge >= 0.3 is 6.18 Å². The molecule has 0 aliphatic carbocycles. The molecule has 0 saturated carbocycles. The number of halogens is 3. The molecule has 2 nitrogen and oxygen atoms in total. The van der Waals surface area contributed by atoms with Crippen LogP contribution in [0.3, 0.4) is 0 Å². The predicted molar refractivity (Wildman–Crippen MR) is 122 cm³/mol. The zero-order valence-corrected chi connectivity index (χ0v) is 17.3. The SMILES string of the molecule is Cc1cc(C2=Nc3cccc4cc(CCC(F)(F)F)cc2c34)c2oc3ccccc3c2c1. The van der Waals surface area contributed by atoms with E-state index in [0.717, 1.165) is 60.8 Å². The number of hydrogen-bond donors (Lipinski definition) is 0. The molecule has 5 aromatic rings. The summed E-state index contributed by atoms with van der Waals surface area (Å²) in [4.78, 5) is 4.91. The summed E-state index contributed by atoms with van der Waals surface area (Å²) in [6, 6.07) is 21.5. The molecular weight excluding hydrogens is 411 g/mol. The molecule has 0 bridgehead atoms. The maximum Gasteiger partial charge on any atom is 0.389 e. The summed E-state index contributed by atoms with van der Waals surface area (Å²) in [6.45, 7) is 2.03. The Hall–Kier alpha value is -3.60. The molecule has 0 atom stereocenters. The Morgan fingerprint density at radius 1 is 0.875 bits per heavy atom. The molecular formula is C27H18F3NO. The molecule has 2 heterocycles. The van der Waals surface area contributed by atoms with Crippen molar-refractivity contribution in [2.24, 2.45) is 4.99 Å². The van der Waals surface area contributed by atoms with E-state index < -0.39 is 12.6 Å². The normalized spacial score (nSPS) is 13.4. The van der Waals surface area contributed by atoms with Gasteiger partial charge < -0.3 is 4.42 Å². The second kappa shape index (κ2) is 6.70. The monoisotopic (exact) mass is 429 g/mol. The van der Waals surface area contributed by atoms with Crippen molar-refractivity contribution in [1.82, 2.24) is 0 Å². The molecule has 1 aromatic heterocycles. The van der Waals surface area contributed by atoms with Gasteiger partial charge in [0, 0.05) is 33.7 Å². The van der Waals surface area contributed by atoms with Crippen LogP contribution in [0.15, 0.2) is 76.1 Å². The van der Waals surface area contributed by atoms with E-state index >= 15 is 0 Å². The number of aryl methyl sites for hydroxylation is 2. The Morgan fingerprint density at radius 2 is 1.72 bits per heavy atom. The Balaban J connectivity index is 1.58. The van der Waals surface area contributed by atoms with E-state index in [1.54, 1.807) is 0 Å². The van der Waals surface area contributed by atoms with Crippen molar-refractivity contribution >= 4 is 44.1 Å². The van der Waals surface area contributed by atoms with Crippen LogP contribution in [0, 0.1) is 6.92 Å². The number of hydrogen-bond acceptors (Lipinski definition) is 2. The van der Waals surface area contributed by atoms with Crippen molar-refractivity contribution < 1.29 is 17.6 Å². The van der Waals surface area contributed by atoms with Crippen LogP contribution in [0.1, 0.15) is 28.7 Å². The quantitative estimate of drug-likeness (QED) is 0.280. The molecule has 0 fully saturated rings. The summed E-state index contributed by atoms with van der Waals surface area (Å²) in [5.41, 5.74) is 6.58. The summed E-state index contributed by atoms with van der Waals surface area (Å²) < 4.78 is 44.9. The maximum atomic E-state index is 12.9. The van der Waals surface area contributed by atoms with Crippen molar-refractivity contribution in [3.63, 3.8) is 0 Å². The van der Waals surface area contributed by atoms with Gasteiger partial charge in [0.1, 0.15) is 11.2 Å². The number of fused-ring (bicyclic) bond motifs is 3. The van der Waals surface area contributed by atoms with Crippen LogP contribution in [0.4, 0.5) is 18.9 Å². The van der Waals surface area contributed by atoms with Gasteiger partial charge in [0.25, 0.3) is 0 Å². The highest BCUT2D eigenvalue weighted by molar-refractivity contribution is 6.30. The first-order valence-electron chi connectivity index (χ1n) is 10.5. The van der Waals surface area contributed by atoms with Gasteiger partial charge in [-0.15, -0.1) is 0 Å². The smallest absolute Gasteiger partial charge is 0.389 e. The van der Waals surface area contributed by atoms with Gasteiger partial charge in [-0.3, -0.25) is 0 Å². The summed E-state index contributed by atoms with van der Waals surface area (Å²) >= 11 is 0. The van der Waals surface area contributed by atoms with Crippen molar-refractivity contribution in [1.29, 1.82) is 0 Å². The van der Waals surface area contributed by atoms with E-state index in [4.69, 9.17) is 9.41 Å². The lowest BCUT2D eigenvalue weighted by Gasteiger charge is -2.11. The van der Waals surface area contributed by atoms with Crippen LogP contribution >= 0.6 is 0 Å². The molecule has 0 saturated heterocycles. The van der Waals surface area contributed by atoms with Gasteiger partial charge in [-0.25, -0.2) is 4.99 Å². The lowest BCUT2D eigenvalue weighted by molar-refractivity contribution is -0.133. The molecule has 158 valence electrons. The van der Waals surface area contributed by atoms with E-state index in [9.17, 15) is 13.2 Å². The summed E-state index contributed by atoms with van der Waals surface area (Å²) in [7, 11) is 0. The minimum atomic E-state index is -4.19. The number of nitrogens with zero attached hydrogens (tertiary/aromatic N) is 1. The first kappa shape index (κ1) is 19.1. The van der Waals surface area contributed by atoms with Crippen molar-refractivity contribution in [3.05, 3.63) is 89.0 Å². The van der Waals surface area contributed by atoms with Crippen LogP contribution in [-0.2, 0) is 6.42 Å². The van der Waals surface area contributed by atoms with Crippen molar-refractivity contribution in [3.8, 4) is 0 Å². The third kappa shape index (κ3) is 3.00. The average molecular weight is 429 g/mol. The topological polar surface area (TPSA) is 25.5 Å². The average Bonchev–Trinajstić information content (AvgIpc) is 3.31. The van der Waals surface area contributed by atoms with Crippen LogP contribution in [-0.4, -0.2) is 11.9 Å². The van der Waals surface area contributed by atoms with Crippen LogP contribution < -0.4 is 0 Å². The van der Waals surface area contributed by atoms with Crippen molar-refractivity contribution in [2.45, 2.75) is 25.9 Å². The number of furan rings is 1. The van der Waals surface area contributed by atoms with Gasteiger partial charge in [0.15, 0.2) is 0 Å². The molecule has 5 heteroatoms. The highest BCUT2D eigenvalue weighted by Crippen LogP contribution is 2.41. The second-order valence-electron chi connectivity index (χ2n) is 8.38. The molecule has 0 radical (unpaired) electrons. The molecule has 0 spiro atoms. The number of rotatable bonds is 3. The van der Waals surface area contributed by atoms with Gasteiger partial charge in [-0.1, -0.05) is 36.4 Å². The van der Waals surface area contributed by atoms with E-state index in [-0.39, 0.29) is 6.42 Å². The molecule has 32 heavy (non-hydrogen) atoms. The molecule has 6 rings (SSSR count). The fraction of sp³-hybridized carbons (Fsp3) is 0.148. The molecule has 4 aromatic carbocycles. The minimum Gasteiger partial charge on any atom is -0.455 e. The van der Waals surface area contributed by atoms with Crippen LogP contribution in [0.2, 0.25) is 0 Å². The molecule has 1 aliphatic rings. The fourth-order valence-electron chi connectivity index (χ4n) is 4.71. The molecule has 0 unspecified atom stereocenters. The molecule has 0 N–H and O–H groups in total. The molecule has 1 aliphatic heterocycles. The minimum absolute atomic E-state index is 0.0577. The summed E-state index contributed by atoms with van der Waals surface area (Å²) in [5, 5.41) is 3.93. The van der Waals surface area contributed by atoms with Crippen LogP contribution in [0.5, 0.6) is 0 Å². The summed E-state index contributed by atoms with van der Waals surface area (Å²) in [6.07, 6.45) is -5.09. The van der Waals surface area contributed by atoms with E-state index in [2.05, 4.69) is 6.07 Å². The third-order valence-corrected chi connectivity index (χ3v) is 6.08. The van der Waals surface area contributed by atoms with E-state index in [0.29, 0.717) is 5.56 Å².